The number of carbonyl (C=O) groups is 2. The largest absolute Gasteiger partial charge is 0.493 e. The van der Waals surface area contributed by atoms with Crippen LogP contribution in [0.5, 0.6) is 5.75 Å². The summed E-state index contributed by atoms with van der Waals surface area (Å²) in [4.78, 5) is 28.1. The second-order valence-corrected chi connectivity index (χ2v) is 8.35. The lowest BCUT2D eigenvalue weighted by Gasteiger charge is -2.24. The van der Waals surface area contributed by atoms with E-state index >= 15 is 0 Å². The van der Waals surface area contributed by atoms with Crippen LogP contribution in [0, 0.1) is 0 Å². The van der Waals surface area contributed by atoms with E-state index in [0.717, 1.165) is 62.1 Å². The van der Waals surface area contributed by atoms with E-state index in [1.165, 1.54) is 11.1 Å². The summed E-state index contributed by atoms with van der Waals surface area (Å²) in [5.74, 6) is 1.58. The molecule has 2 atom stereocenters. The standard InChI is InChI=1S/C24H26N2O3/c27-11-10-25-16-20(17-5-6-23-18(13-17)8-12-29-23)14-21(25)7-9-26-15-19-3-1-2-4-22(19)24(26)28/h1-6,11,13,20-21H,7-10,12,14-16H2. The van der Waals surface area contributed by atoms with Crippen molar-refractivity contribution in [3.05, 3.63) is 64.7 Å². The molecule has 3 heterocycles. The second-order valence-electron chi connectivity index (χ2n) is 8.35. The molecular weight excluding hydrogens is 364 g/mol. The number of benzene rings is 2. The minimum Gasteiger partial charge on any atom is -0.493 e. The Kier molecular flexibility index (Phi) is 4.84. The van der Waals surface area contributed by atoms with Gasteiger partial charge >= 0.3 is 0 Å². The molecule has 2 aromatic rings. The second kappa shape index (κ2) is 7.64. The van der Waals surface area contributed by atoms with Crippen LogP contribution in [-0.4, -0.2) is 54.3 Å². The first-order valence-electron chi connectivity index (χ1n) is 10.5. The van der Waals surface area contributed by atoms with Crippen molar-refractivity contribution in [1.29, 1.82) is 0 Å². The fraction of sp³-hybridized carbons (Fsp3) is 0.417. The smallest absolute Gasteiger partial charge is 0.254 e. The van der Waals surface area contributed by atoms with Gasteiger partial charge in [0.1, 0.15) is 12.0 Å². The molecule has 0 saturated carbocycles. The van der Waals surface area contributed by atoms with E-state index in [4.69, 9.17) is 4.74 Å². The van der Waals surface area contributed by atoms with E-state index < -0.39 is 0 Å². The minimum absolute atomic E-state index is 0.135. The zero-order valence-electron chi connectivity index (χ0n) is 16.5. The Bertz CT molecular complexity index is 941. The maximum absolute atomic E-state index is 12.6. The van der Waals surface area contributed by atoms with E-state index in [9.17, 15) is 9.59 Å². The Hall–Kier alpha value is -2.66. The molecule has 5 heteroatoms. The van der Waals surface area contributed by atoms with Crippen molar-refractivity contribution in [3.8, 4) is 5.75 Å². The molecule has 0 aromatic heterocycles. The van der Waals surface area contributed by atoms with Gasteiger partial charge in [-0.15, -0.1) is 0 Å². The molecule has 3 aliphatic rings. The van der Waals surface area contributed by atoms with Crippen molar-refractivity contribution in [3.63, 3.8) is 0 Å². The highest BCUT2D eigenvalue weighted by Gasteiger charge is 2.34. The summed E-state index contributed by atoms with van der Waals surface area (Å²) in [6.07, 6.45) is 3.92. The molecule has 2 aromatic carbocycles. The molecule has 0 radical (unpaired) electrons. The first-order valence-corrected chi connectivity index (χ1v) is 10.5. The third-order valence-electron chi connectivity index (χ3n) is 6.65. The number of fused-ring (bicyclic) bond motifs is 2. The lowest BCUT2D eigenvalue weighted by Crippen LogP contribution is -2.35. The number of aldehydes is 1. The number of nitrogens with zero attached hydrogens (tertiary/aromatic N) is 2. The molecule has 0 N–H and O–H groups in total. The average Bonchev–Trinajstić information content (AvgIpc) is 3.44. The van der Waals surface area contributed by atoms with Crippen LogP contribution in [0.25, 0.3) is 0 Å². The van der Waals surface area contributed by atoms with Crippen LogP contribution >= 0.6 is 0 Å². The van der Waals surface area contributed by atoms with Crippen LogP contribution in [0.2, 0.25) is 0 Å². The van der Waals surface area contributed by atoms with Crippen LogP contribution in [0.15, 0.2) is 42.5 Å². The van der Waals surface area contributed by atoms with Crippen molar-refractivity contribution in [2.24, 2.45) is 0 Å². The Labute approximate surface area is 171 Å². The van der Waals surface area contributed by atoms with Gasteiger partial charge < -0.3 is 14.4 Å². The minimum atomic E-state index is 0.135. The number of carbonyl (C=O) groups excluding carboxylic acids is 2. The molecule has 0 bridgehead atoms. The predicted octanol–water partition coefficient (Wildman–Crippen LogP) is 3.02. The monoisotopic (exact) mass is 390 g/mol. The van der Waals surface area contributed by atoms with E-state index in [0.29, 0.717) is 25.0 Å². The third kappa shape index (κ3) is 3.44. The fourth-order valence-corrected chi connectivity index (χ4v) is 5.11. The lowest BCUT2D eigenvalue weighted by molar-refractivity contribution is -0.109. The maximum Gasteiger partial charge on any atom is 0.254 e. The van der Waals surface area contributed by atoms with Gasteiger partial charge in [0.25, 0.3) is 5.91 Å². The number of rotatable bonds is 6. The highest BCUT2D eigenvalue weighted by Crippen LogP contribution is 2.36. The number of hydrogen-bond donors (Lipinski definition) is 0. The highest BCUT2D eigenvalue weighted by atomic mass is 16.5. The van der Waals surface area contributed by atoms with Crippen LogP contribution in [0.4, 0.5) is 0 Å². The van der Waals surface area contributed by atoms with Crippen LogP contribution < -0.4 is 4.74 Å². The van der Waals surface area contributed by atoms with Crippen LogP contribution in [-0.2, 0) is 17.8 Å². The average molecular weight is 390 g/mol. The van der Waals surface area contributed by atoms with Crippen molar-refractivity contribution in [1.82, 2.24) is 9.80 Å². The zero-order valence-corrected chi connectivity index (χ0v) is 16.5. The Morgan fingerprint density at radius 2 is 2.03 bits per heavy atom. The van der Waals surface area contributed by atoms with Crippen molar-refractivity contribution in [2.75, 3.05) is 26.2 Å². The summed E-state index contributed by atoms with van der Waals surface area (Å²) >= 11 is 0. The predicted molar refractivity (Wildman–Crippen MR) is 110 cm³/mol. The van der Waals surface area contributed by atoms with Gasteiger partial charge in [-0.05, 0) is 47.6 Å². The zero-order chi connectivity index (χ0) is 19.8. The van der Waals surface area contributed by atoms with Gasteiger partial charge in [0, 0.05) is 37.7 Å². The molecule has 150 valence electrons. The Balaban J connectivity index is 1.26. The summed E-state index contributed by atoms with van der Waals surface area (Å²) in [7, 11) is 0. The molecule has 5 rings (SSSR count). The van der Waals surface area contributed by atoms with Crippen LogP contribution in [0.3, 0.4) is 0 Å². The number of likely N-dealkylation sites (tertiary alicyclic amines) is 1. The first-order chi connectivity index (χ1) is 14.2. The molecule has 2 unspecified atom stereocenters. The molecule has 1 amide bonds. The molecule has 1 saturated heterocycles. The van der Waals surface area contributed by atoms with Gasteiger partial charge in [0.05, 0.1) is 13.2 Å². The molecule has 0 spiro atoms. The van der Waals surface area contributed by atoms with Crippen LogP contribution in [0.1, 0.15) is 45.8 Å². The van der Waals surface area contributed by atoms with E-state index in [2.05, 4.69) is 23.1 Å². The summed E-state index contributed by atoms with van der Waals surface area (Å²) in [5.41, 5.74) is 4.60. The molecular formula is C24H26N2O3. The first kappa shape index (κ1) is 18.4. The van der Waals surface area contributed by atoms with Crippen molar-refractivity contribution >= 4 is 12.2 Å². The molecule has 1 fully saturated rings. The topological polar surface area (TPSA) is 49.9 Å². The lowest BCUT2D eigenvalue weighted by atomic mass is 9.93. The quantitative estimate of drug-likeness (QED) is 0.712. The van der Waals surface area contributed by atoms with E-state index in [-0.39, 0.29) is 5.91 Å². The molecule has 5 nitrogen and oxygen atoms in total. The number of hydrogen-bond acceptors (Lipinski definition) is 4. The normalized spacial score (nSPS) is 23.2. The molecule has 0 aliphatic carbocycles. The van der Waals surface area contributed by atoms with E-state index in [1.54, 1.807) is 0 Å². The Morgan fingerprint density at radius 3 is 2.90 bits per heavy atom. The summed E-state index contributed by atoms with van der Waals surface area (Å²) < 4.78 is 5.63. The summed E-state index contributed by atoms with van der Waals surface area (Å²) in [6, 6.07) is 14.8. The Morgan fingerprint density at radius 1 is 1.14 bits per heavy atom. The number of amides is 1. The SMILES string of the molecule is O=CCN1CC(c2ccc3c(c2)CCO3)CC1CCN1Cc2ccccc2C1=O. The summed E-state index contributed by atoms with van der Waals surface area (Å²) in [5, 5.41) is 0. The number of ether oxygens (including phenoxy) is 1. The van der Waals surface area contributed by atoms with Gasteiger partial charge in [0.15, 0.2) is 0 Å². The summed E-state index contributed by atoms with van der Waals surface area (Å²) in [6.45, 7) is 3.57. The van der Waals surface area contributed by atoms with Gasteiger partial charge in [-0.3, -0.25) is 9.69 Å². The third-order valence-corrected chi connectivity index (χ3v) is 6.65. The fourth-order valence-electron chi connectivity index (χ4n) is 5.11. The van der Waals surface area contributed by atoms with Gasteiger partial charge in [0.2, 0.25) is 0 Å². The van der Waals surface area contributed by atoms with E-state index in [1.807, 2.05) is 29.2 Å². The molecule has 29 heavy (non-hydrogen) atoms. The molecule has 3 aliphatic heterocycles. The van der Waals surface area contributed by atoms with Crippen molar-refractivity contribution < 1.29 is 14.3 Å². The highest BCUT2D eigenvalue weighted by molar-refractivity contribution is 5.98. The maximum atomic E-state index is 12.6. The van der Waals surface area contributed by atoms with Crippen molar-refractivity contribution in [2.45, 2.75) is 37.8 Å². The van der Waals surface area contributed by atoms with Gasteiger partial charge in [-0.1, -0.05) is 30.3 Å². The van der Waals surface area contributed by atoms with Gasteiger partial charge in [-0.2, -0.15) is 0 Å². The van der Waals surface area contributed by atoms with Gasteiger partial charge in [-0.25, -0.2) is 0 Å².